The Morgan fingerprint density at radius 2 is 2.22 bits per heavy atom. The molecule has 1 saturated heterocycles. The molecule has 1 aliphatic carbocycles. The molecule has 2 heterocycles. The standard InChI is InChI=1S/C15H18N2O/c1-2-12(16-7-1)8-10-3-6-14-13(9-10)17-15(18-14)11-4-5-11/h3,6,9,11-12,16H,1-2,4-5,7-8H2. The number of nitrogens with one attached hydrogen (secondary N) is 1. The van der Waals surface area contributed by atoms with Crippen molar-refractivity contribution in [3.63, 3.8) is 0 Å². The summed E-state index contributed by atoms with van der Waals surface area (Å²) >= 11 is 0. The van der Waals surface area contributed by atoms with E-state index in [0.29, 0.717) is 12.0 Å². The minimum Gasteiger partial charge on any atom is -0.440 e. The second-order valence-corrected chi connectivity index (χ2v) is 5.63. The molecule has 0 amide bonds. The average Bonchev–Trinajstić information content (AvgIpc) is 2.95. The van der Waals surface area contributed by atoms with E-state index in [9.17, 15) is 0 Å². The average molecular weight is 242 g/mol. The molecule has 1 aliphatic heterocycles. The quantitative estimate of drug-likeness (QED) is 0.899. The fourth-order valence-corrected chi connectivity index (χ4v) is 2.84. The van der Waals surface area contributed by atoms with E-state index in [4.69, 9.17) is 4.42 Å². The zero-order valence-corrected chi connectivity index (χ0v) is 10.5. The van der Waals surface area contributed by atoms with Gasteiger partial charge in [-0.1, -0.05) is 6.07 Å². The summed E-state index contributed by atoms with van der Waals surface area (Å²) in [6, 6.07) is 7.12. The maximum Gasteiger partial charge on any atom is 0.198 e. The maximum atomic E-state index is 5.79. The van der Waals surface area contributed by atoms with Crippen LogP contribution in [0, 0.1) is 0 Å². The molecule has 1 aromatic heterocycles. The fraction of sp³-hybridized carbons (Fsp3) is 0.533. The van der Waals surface area contributed by atoms with Gasteiger partial charge in [-0.3, -0.25) is 0 Å². The van der Waals surface area contributed by atoms with E-state index in [0.717, 1.165) is 23.4 Å². The second kappa shape index (κ2) is 4.09. The first-order chi connectivity index (χ1) is 8.88. The number of hydrogen-bond acceptors (Lipinski definition) is 3. The Morgan fingerprint density at radius 1 is 1.28 bits per heavy atom. The van der Waals surface area contributed by atoms with Crippen LogP contribution in [0.2, 0.25) is 0 Å². The first kappa shape index (κ1) is 10.6. The molecule has 94 valence electrons. The van der Waals surface area contributed by atoms with Crippen molar-refractivity contribution in [1.29, 1.82) is 0 Å². The van der Waals surface area contributed by atoms with E-state index in [2.05, 4.69) is 28.5 Å². The lowest BCUT2D eigenvalue weighted by atomic mass is 10.0. The smallest absolute Gasteiger partial charge is 0.198 e. The van der Waals surface area contributed by atoms with Gasteiger partial charge in [0.25, 0.3) is 0 Å². The largest absolute Gasteiger partial charge is 0.440 e. The van der Waals surface area contributed by atoms with Crippen LogP contribution in [0.5, 0.6) is 0 Å². The van der Waals surface area contributed by atoms with Crippen molar-refractivity contribution < 1.29 is 4.42 Å². The minimum absolute atomic E-state index is 0.595. The highest BCUT2D eigenvalue weighted by molar-refractivity contribution is 5.73. The predicted molar refractivity (Wildman–Crippen MR) is 70.7 cm³/mol. The molecular weight excluding hydrogens is 224 g/mol. The van der Waals surface area contributed by atoms with E-state index in [-0.39, 0.29) is 0 Å². The Bertz CT molecular complexity index is 565. The van der Waals surface area contributed by atoms with E-state index < -0.39 is 0 Å². The van der Waals surface area contributed by atoms with Crippen LogP contribution in [0.1, 0.15) is 43.1 Å². The third kappa shape index (κ3) is 1.93. The molecule has 3 nitrogen and oxygen atoms in total. The lowest BCUT2D eigenvalue weighted by molar-refractivity contribution is 0.533. The molecule has 18 heavy (non-hydrogen) atoms. The lowest BCUT2D eigenvalue weighted by Gasteiger charge is -2.09. The van der Waals surface area contributed by atoms with Gasteiger partial charge in [-0.05, 0) is 56.3 Å². The first-order valence-corrected chi connectivity index (χ1v) is 7.01. The Morgan fingerprint density at radius 3 is 3.00 bits per heavy atom. The van der Waals surface area contributed by atoms with E-state index in [1.54, 1.807) is 0 Å². The summed E-state index contributed by atoms with van der Waals surface area (Å²) in [4.78, 5) is 4.62. The fourth-order valence-electron chi connectivity index (χ4n) is 2.84. The first-order valence-electron chi connectivity index (χ1n) is 7.01. The molecule has 1 N–H and O–H groups in total. The molecule has 4 rings (SSSR count). The van der Waals surface area contributed by atoms with Crippen LogP contribution < -0.4 is 5.32 Å². The molecule has 1 saturated carbocycles. The molecule has 1 unspecified atom stereocenters. The molecule has 2 fully saturated rings. The summed E-state index contributed by atoms with van der Waals surface area (Å²) in [5, 5.41) is 3.54. The normalized spacial score (nSPS) is 23.9. The summed E-state index contributed by atoms with van der Waals surface area (Å²) in [6.45, 7) is 1.17. The van der Waals surface area contributed by atoms with Crippen molar-refractivity contribution in [2.75, 3.05) is 6.54 Å². The molecule has 0 radical (unpaired) electrons. The number of fused-ring (bicyclic) bond motifs is 1. The van der Waals surface area contributed by atoms with Gasteiger partial charge in [-0.15, -0.1) is 0 Å². The highest BCUT2D eigenvalue weighted by atomic mass is 16.3. The Kier molecular flexibility index (Phi) is 2.40. The van der Waals surface area contributed by atoms with E-state index in [1.165, 1.54) is 37.8 Å². The number of nitrogens with zero attached hydrogens (tertiary/aromatic N) is 1. The van der Waals surface area contributed by atoms with Crippen LogP contribution in [-0.2, 0) is 6.42 Å². The van der Waals surface area contributed by atoms with Crippen molar-refractivity contribution in [1.82, 2.24) is 10.3 Å². The number of rotatable bonds is 3. The molecule has 1 atom stereocenters. The predicted octanol–water partition coefficient (Wildman–Crippen LogP) is 3.00. The molecule has 2 aromatic rings. The van der Waals surface area contributed by atoms with Crippen LogP contribution >= 0.6 is 0 Å². The van der Waals surface area contributed by atoms with Crippen LogP contribution in [0.25, 0.3) is 11.1 Å². The monoisotopic (exact) mass is 242 g/mol. The van der Waals surface area contributed by atoms with Crippen LogP contribution in [0.3, 0.4) is 0 Å². The maximum absolute atomic E-state index is 5.79. The van der Waals surface area contributed by atoms with Gasteiger partial charge in [0.2, 0.25) is 0 Å². The van der Waals surface area contributed by atoms with E-state index >= 15 is 0 Å². The molecule has 0 spiro atoms. The van der Waals surface area contributed by atoms with Gasteiger partial charge in [0.1, 0.15) is 5.52 Å². The summed E-state index contributed by atoms with van der Waals surface area (Å²) in [5.74, 6) is 1.54. The van der Waals surface area contributed by atoms with Crippen molar-refractivity contribution in [3.8, 4) is 0 Å². The number of benzene rings is 1. The summed E-state index contributed by atoms with van der Waals surface area (Å²) in [5.41, 5.74) is 3.35. The molecule has 2 aliphatic rings. The van der Waals surface area contributed by atoms with Gasteiger partial charge < -0.3 is 9.73 Å². The van der Waals surface area contributed by atoms with Crippen LogP contribution in [0.4, 0.5) is 0 Å². The second-order valence-electron chi connectivity index (χ2n) is 5.63. The van der Waals surface area contributed by atoms with Gasteiger partial charge in [-0.2, -0.15) is 0 Å². The van der Waals surface area contributed by atoms with Crippen LogP contribution in [0.15, 0.2) is 22.6 Å². The Balaban J connectivity index is 1.61. The highest BCUT2D eigenvalue weighted by Gasteiger charge is 2.28. The topological polar surface area (TPSA) is 38.1 Å². The minimum atomic E-state index is 0.595. The van der Waals surface area contributed by atoms with Gasteiger partial charge in [0.15, 0.2) is 11.5 Å². The van der Waals surface area contributed by atoms with E-state index in [1.807, 2.05) is 0 Å². The van der Waals surface area contributed by atoms with Crippen molar-refractivity contribution in [2.45, 2.75) is 44.1 Å². The summed E-state index contributed by atoms with van der Waals surface area (Å²) in [7, 11) is 0. The summed E-state index contributed by atoms with van der Waals surface area (Å²) < 4.78 is 5.79. The lowest BCUT2D eigenvalue weighted by Crippen LogP contribution is -2.23. The molecular formula is C15H18N2O. The third-order valence-corrected chi connectivity index (χ3v) is 4.04. The Hall–Kier alpha value is -1.35. The zero-order valence-electron chi connectivity index (χ0n) is 10.5. The Labute approximate surface area is 107 Å². The third-order valence-electron chi connectivity index (χ3n) is 4.04. The zero-order chi connectivity index (χ0) is 11.9. The van der Waals surface area contributed by atoms with Gasteiger partial charge >= 0.3 is 0 Å². The van der Waals surface area contributed by atoms with Crippen LogP contribution in [-0.4, -0.2) is 17.6 Å². The van der Waals surface area contributed by atoms with Crippen molar-refractivity contribution in [3.05, 3.63) is 29.7 Å². The SMILES string of the molecule is c1cc2oc(C3CC3)nc2cc1CC1CCCN1. The number of aromatic nitrogens is 1. The molecule has 1 aromatic carbocycles. The van der Waals surface area contributed by atoms with Crippen molar-refractivity contribution in [2.24, 2.45) is 0 Å². The van der Waals surface area contributed by atoms with Crippen molar-refractivity contribution >= 4 is 11.1 Å². The van der Waals surface area contributed by atoms with Gasteiger partial charge in [0.05, 0.1) is 0 Å². The highest BCUT2D eigenvalue weighted by Crippen LogP contribution is 2.40. The van der Waals surface area contributed by atoms with Gasteiger partial charge in [0, 0.05) is 12.0 Å². The molecule has 0 bridgehead atoms. The number of hydrogen-bond donors (Lipinski definition) is 1. The molecule has 3 heteroatoms. The summed E-state index contributed by atoms with van der Waals surface area (Å²) in [6.07, 6.45) is 6.20. The van der Waals surface area contributed by atoms with Gasteiger partial charge in [-0.25, -0.2) is 4.98 Å². The number of oxazole rings is 1.